The van der Waals surface area contributed by atoms with Gasteiger partial charge in [-0.1, -0.05) is 18.2 Å². The van der Waals surface area contributed by atoms with Gasteiger partial charge in [0.1, 0.15) is 11.3 Å². The van der Waals surface area contributed by atoms with Crippen LogP contribution >= 0.6 is 0 Å². The second-order valence-electron chi connectivity index (χ2n) is 6.49. The fourth-order valence-corrected chi connectivity index (χ4v) is 3.13. The maximum atomic E-state index is 12.5. The van der Waals surface area contributed by atoms with Gasteiger partial charge in [-0.2, -0.15) is 0 Å². The van der Waals surface area contributed by atoms with E-state index in [0.717, 1.165) is 29.7 Å². The Balaban J connectivity index is 1.63. The first kappa shape index (κ1) is 16.5. The largest absolute Gasteiger partial charge is 0.459 e. The maximum Gasteiger partial charge on any atom is 0.237 e. The first-order valence-electron chi connectivity index (χ1n) is 8.21. The minimum absolute atomic E-state index is 0.00748. The van der Waals surface area contributed by atoms with E-state index >= 15 is 0 Å². The molecule has 2 aromatic rings. The summed E-state index contributed by atoms with van der Waals surface area (Å²) in [6.45, 7) is 3.54. The summed E-state index contributed by atoms with van der Waals surface area (Å²) < 4.78 is 5.85. The van der Waals surface area contributed by atoms with Crippen molar-refractivity contribution in [3.05, 3.63) is 36.1 Å². The van der Waals surface area contributed by atoms with Gasteiger partial charge in [-0.05, 0) is 32.0 Å². The van der Waals surface area contributed by atoms with Gasteiger partial charge in [0.2, 0.25) is 11.8 Å². The molecule has 1 aliphatic rings. The number of rotatable bonds is 5. The van der Waals surface area contributed by atoms with Crippen molar-refractivity contribution in [1.82, 2.24) is 9.80 Å². The number of fused-ring (bicyclic) bond motifs is 1. The van der Waals surface area contributed by atoms with Crippen molar-refractivity contribution in [2.24, 2.45) is 11.7 Å². The van der Waals surface area contributed by atoms with Gasteiger partial charge < -0.3 is 15.1 Å². The van der Waals surface area contributed by atoms with Gasteiger partial charge in [-0.3, -0.25) is 14.5 Å². The number of hydrogen-bond acceptors (Lipinski definition) is 4. The van der Waals surface area contributed by atoms with E-state index < -0.39 is 0 Å². The second kappa shape index (κ2) is 6.65. The molecule has 1 aliphatic heterocycles. The van der Waals surface area contributed by atoms with Crippen molar-refractivity contribution in [1.29, 1.82) is 0 Å². The Bertz CT molecular complexity index is 722. The van der Waals surface area contributed by atoms with Crippen molar-refractivity contribution >= 4 is 22.8 Å². The number of likely N-dealkylation sites (N-methyl/N-ethyl adjacent to an activating group) is 1. The zero-order valence-electron chi connectivity index (χ0n) is 14.1. The number of nitrogens with zero attached hydrogens (tertiary/aromatic N) is 2. The normalized spacial score (nSPS) is 19.5. The number of likely N-dealkylation sites (tertiary alicyclic amines) is 1. The van der Waals surface area contributed by atoms with Gasteiger partial charge in [0, 0.05) is 19.0 Å². The lowest BCUT2D eigenvalue weighted by molar-refractivity contribution is -0.133. The van der Waals surface area contributed by atoms with Crippen LogP contribution in [0, 0.1) is 5.92 Å². The van der Waals surface area contributed by atoms with Crippen molar-refractivity contribution in [2.45, 2.75) is 19.4 Å². The number of carbonyl (C=O) groups is 2. The molecule has 1 aromatic carbocycles. The molecule has 0 radical (unpaired) electrons. The average Bonchev–Trinajstić information content (AvgIpc) is 3.19. The van der Waals surface area contributed by atoms with Gasteiger partial charge in [-0.15, -0.1) is 0 Å². The lowest BCUT2D eigenvalue weighted by Crippen LogP contribution is -2.39. The van der Waals surface area contributed by atoms with Crippen molar-refractivity contribution in [3.8, 4) is 0 Å². The van der Waals surface area contributed by atoms with Crippen LogP contribution in [-0.2, 0) is 9.59 Å². The van der Waals surface area contributed by atoms with Gasteiger partial charge in [0.15, 0.2) is 0 Å². The van der Waals surface area contributed by atoms with E-state index in [0.29, 0.717) is 13.1 Å². The lowest BCUT2D eigenvalue weighted by atomic mass is 10.1. The molecule has 3 rings (SSSR count). The minimum Gasteiger partial charge on any atom is -0.459 e. The number of carbonyl (C=O) groups excluding carboxylic acids is 2. The zero-order valence-corrected chi connectivity index (χ0v) is 14.1. The van der Waals surface area contributed by atoms with Crippen LogP contribution in [0.25, 0.3) is 11.0 Å². The lowest BCUT2D eigenvalue weighted by Gasteiger charge is -2.25. The molecule has 0 aliphatic carbocycles. The Morgan fingerprint density at radius 1 is 1.42 bits per heavy atom. The van der Waals surface area contributed by atoms with Gasteiger partial charge in [-0.25, -0.2) is 0 Å². The Morgan fingerprint density at radius 3 is 2.83 bits per heavy atom. The molecule has 2 atom stereocenters. The number of hydrogen-bond donors (Lipinski definition) is 1. The number of benzene rings is 1. The van der Waals surface area contributed by atoms with Crippen LogP contribution < -0.4 is 5.73 Å². The minimum atomic E-state index is -0.283. The predicted octanol–water partition coefficient (Wildman–Crippen LogP) is 1.76. The van der Waals surface area contributed by atoms with Gasteiger partial charge in [0.05, 0.1) is 18.5 Å². The highest BCUT2D eigenvalue weighted by atomic mass is 16.3. The van der Waals surface area contributed by atoms with E-state index in [9.17, 15) is 9.59 Å². The molecule has 128 valence electrons. The SMILES string of the molecule is CC(c1cc2ccccc2o1)N(C)C(=O)CN1CCC(C(N)=O)C1. The van der Waals surface area contributed by atoms with Crippen molar-refractivity contribution in [3.63, 3.8) is 0 Å². The molecule has 0 saturated carbocycles. The van der Waals surface area contributed by atoms with Crippen LogP contribution in [0.15, 0.2) is 34.7 Å². The summed E-state index contributed by atoms with van der Waals surface area (Å²) in [7, 11) is 1.78. The molecule has 1 fully saturated rings. The molecule has 2 amide bonds. The third kappa shape index (κ3) is 3.28. The highest BCUT2D eigenvalue weighted by molar-refractivity contribution is 5.80. The van der Waals surface area contributed by atoms with Crippen molar-refractivity contribution in [2.75, 3.05) is 26.7 Å². The van der Waals surface area contributed by atoms with Crippen LogP contribution in [0.2, 0.25) is 0 Å². The molecule has 1 saturated heterocycles. The quantitative estimate of drug-likeness (QED) is 0.906. The number of nitrogens with two attached hydrogens (primary N) is 1. The molecule has 6 heteroatoms. The second-order valence-corrected chi connectivity index (χ2v) is 6.49. The third-order valence-electron chi connectivity index (χ3n) is 4.86. The first-order valence-corrected chi connectivity index (χ1v) is 8.21. The zero-order chi connectivity index (χ0) is 17.3. The fourth-order valence-electron chi connectivity index (χ4n) is 3.13. The van der Waals surface area contributed by atoms with E-state index in [1.54, 1.807) is 11.9 Å². The third-order valence-corrected chi connectivity index (χ3v) is 4.86. The summed E-state index contributed by atoms with van der Waals surface area (Å²) in [5.41, 5.74) is 6.16. The Labute approximate surface area is 141 Å². The highest BCUT2D eigenvalue weighted by Crippen LogP contribution is 2.27. The Morgan fingerprint density at radius 2 is 2.17 bits per heavy atom. The summed E-state index contributed by atoms with van der Waals surface area (Å²) in [5, 5.41) is 1.03. The summed E-state index contributed by atoms with van der Waals surface area (Å²) in [6.07, 6.45) is 0.728. The first-order chi connectivity index (χ1) is 11.5. The van der Waals surface area contributed by atoms with Gasteiger partial charge in [0.25, 0.3) is 0 Å². The number of primary amides is 1. The fraction of sp³-hybridized carbons (Fsp3) is 0.444. The molecular weight excluding hydrogens is 306 g/mol. The summed E-state index contributed by atoms with van der Waals surface area (Å²) in [4.78, 5) is 27.4. The van der Waals surface area contributed by atoms with E-state index in [2.05, 4.69) is 0 Å². The van der Waals surface area contributed by atoms with Crippen LogP contribution in [0.5, 0.6) is 0 Å². The van der Waals surface area contributed by atoms with E-state index in [1.807, 2.05) is 42.2 Å². The highest BCUT2D eigenvalue weighted by Gasteiger charge is 2.29. The summed E-state index contributed by atoms with van der Waals surface area (Å²) in [6, 6.07) is 9.62. The number of amides is 2. The maximum absolute atomic E-state index is 12.5. The molecule has 6 nitrogen and oxygen atoms in total. The van der Waals surface area contributed by atoms with Gasteiger partial charge >= 0.3 is 0 Å². The van der Waals surface area contributed by atoms with Crippen LogP contribution in [-0.4, -0.2) is 48.3 Å². The predicted molar refractivity (Wildman–Crippen MR) is 91.1 cm³/mol. The van der Waals surface area contributed by atoms with Crippen LogP contribution in [0.3, 0.4) is 0 Å². The molecule has 2 heterocycles. The standard InChI is InChI=1S/C18H23N3O3/c1-12(16-9-13-5-3-4-6-15(13)24-16)20(2)17(22)11-21-8-7-14(10-21)18(19)23/h3-6,9,12,14H,7-8,10-11H2,1-2H3,(H2,19,23). The monoisotopic (exact) mass is 329 g/mol. The Kier molecular flexibility index (Phi) is 4.57. The molecule has 24 heavy (non-hydrogen) atoms. The molecule has 2 N–H and O–H groups in total. The Hall–Kier alpha value is -2.34. The summed E-state index contributed by atoms with van der Waals surface area (Å²) >= 11 is 0. The van der Waals surface area contributed by atoms with Crippen LogP contribution in [0.1, 0.15) is 25.1 Å². The van der Waals surface area contributed by atoms with E-state index in [-0.39, 0.29) is 23.8 Å². The molecule has 2 unspecified atom stereocenters. The number of furan rings is 1. The smallest absolute Gasteiger partial charge is 0.237 e. The van der Waals surface area contributed by atoms with E-state index in [1.165, 1.54) is 0 Å². The summed E-state index contributed by atoms with van der Waals surface area (Å²) in [5.74, 6) is 0.349. The number of para-hydroxylation sites is 1. The topological polar surface area (TPSA) is 79.8 Å². The van der Waals surface area contributed by atoms with Crippen LogP contribution in [0.4, 0.5) is 0 Å². The molecule has 1 aromatic heterocycles. The molecule has 0 bridgehead atoms. The van der Waals surface area contributed by atoms with Crippen molar-refractivity contribution < 1.29 is 14.0 Å². The average molecular weight is 329 g/mol. The van der Waals surface area contributed by atoms with E-state index in [4.69, 9.17) is 10.2 Å². The molecular formula is C18H23N3O3. The molecule has 0 spiro atoms.